The Kier molecular flexibility index (Phi) is 4.10. The van der Waals surface area contributed by atoms with Gasteiger partial charge in [0.25, 0.3) is 5.91 Å². The number of likely N-dealkylation sites (tertiary alicyclic amines) is 1. The molecule has 0 unspecified atom stereocenters. The third-order valence-corrected chi connectivity index (χ3v) is 6.60. The van der Waals surface area contributed by atoms with Crippen LogP contribution in [0.15, 0.2) is 42.7 Å². The Morgan fingerprint density at radius 3 is 2.88 bits per heavy atom. The lowest BCUT2D eigenvalue weighted by atomic mass is 9.97. The van der Waals surface area contributed by atoms with E-state index >= 15 is 0 Å². The molecule has 9 heteroatoms. The van der Waals surface area contributed by atoms with Crippen LogP contribution >= 0.6 is 11.6 Å². The first kappa shape index (κ1) is 17.2. The Labute approximate surface area is 194 Å². The third-order valence-electron chi connectivity index (χ3n) is 6.19. The van der Waals surface area contributed by atoms with E-state index in [4.69, 9.17) is 25.4 Å². The number of fused-ring (bicyclic) bond motifs is 1. The largest absolute Gasteiger partial charge is 0.497 e. The molecule has 164 valence electrons. The number of rotatable bonds is 4. The number of carbonyl (C=O) groups excluding carboxylic acids is 1. The van der Waals surface area contributed by atoms with Crippen molar-refractivity contribution >= 4 is 28.5 Å². The van der Waals surface area contributed by atoms with Gasteiger partial charge in [-0.25, -0.2) is 4.98 Å². The number of ether oxygens (including phenoxy) is 1. The number of benzene rings is 2. The van der Waals surface area contributed by atoms with Gasteiger partial charge in [-0.3, -0.25) is 4.79 Å². The number of aromatic amines is 1. The summed E-state index contributed by atoms with van der Waals surface area (Å²) < 4.78 is 27.4. The topological polar surface area (TPSA) is 88.9 Å². The maximum absolute atomic E-state index is 14.0. The highest BCUT2D eigenvalue weighted by atomic mass is 35.5. The van der Waals surface area contributed by atoms with Crippen molar-refractivity contribution in [1.29, 1.82) is 0 Å². The van der Waals surface area contributed by atoms with E-state index in [0.29, 0.717) is 29.5 Å². The minimum atomic E-state index is -2.65. The van der Waals surface area contributed by atoms with Gasteiger partial charge in [0.1, 0.15) is 11.6 Å². The summed E-state index contributed by atoms with van der Waals surface area (Å²) in [5.41, 5.74) is 2.41. The SMILES string of the molecule is [2H]C([2H])([2H])Oc1ccc(-n2nccn2)c(C(=O)N2CCC[C@@]2(C)c2nc3c(C)c(Cl)ccc3[nH]2)c1. The number of aromatic nitrogens is 5. The van der Waals surface area contributed by atoms with Gasteiger partial charge >= 0.3 is 0 Å². The molecular weight excluding hydrogens is 428 g/mol. The second-order valence-electron chi connectivity index (χ2n) is 8.09. The van der Waals surface area contributed by atoms with Crippen molar-refractivity contribution in [2.75, 3.05) is 13.6 Å². The van der Waals surface area contributed by atoms with Gasteiger partial charge in [-0.15, -0.1) is 0 Å². The minimum Gasteiger partial charge on any atom is -0.497 e. The van der Waals surface area contributed by atoms with Crippen LogP contribution in [-0.2, 0) is 5.54 Å². The van der Waals surface area contributed by atoms with Crippen molar-refractivity contribution in [1.82, 2.24) is 29.9 Å². The van der Waals surface area contributed by atoms with Crippen LogP contribution in [0.1, 0.15) is 45.6 Å². The molecule has 3 heterocycles. The van der Waals surface area contributed by atoms with Crippen molar-refractivity contribution in [3.63, 3.8) is 0 Å². The van der Waals surface area contributed by atoms with Crippen LogP contribution in [0.25, 0.3) is 16.7 Å². The Hall–Kier alpha value is -3.39. The molecule has 1 atom stereocenters. The summed E-state index contributed by atoms with van der Waals surface area (Å²) in [6.07, 6.45) is 4.48. The van der Waals surface area contributed by atoms with Crippen LogP contribution < -0.4 is 4.74 Å². The lowest BCUT2D eigenvalue weighted by Gasteiger charge is -2.34. The molecule has 1 N–H and O–H groups in total. The number of hydrogen-bond acceptors (Lipinski definition) is 5. The molecule has 1 amide bonds. The zero-order valence-electron chi connectivity index (χ0n) is 20.6. The summed E-state index contributed by atoms with van der Waals surface area (Å²) in [4.78, 5) is 25.3. The molecule has 8 nitrogen and oxygen atoms in total. The van der Waals surface area contributed by atoms with Gasteiger partial charge in [-0.05, 0) is 62.6 Å². The van der Waals surface area contributed by atoms with Crippen molar-refractivity contribution in [2.45, 2.75) is 32.2 Å². The average Bonchev–Trinajstić information content (AvgIpc) is 3.55. The molecule has 2 aromatic heterocycles. The number of halogens is 1. The first-order valence-corrected chi connectivity index (χ1v) is 10.6. The predicted octanol–water partition coefficient (Wildman–Crippen LogP) is 4.27. The van der Waals surface area contributed by atoms with Gasteiger partial charge < -0.3 is 14.6 Å². The van der Waals surface area contributed by atoms with Crippen LogP contribution in [0.3, 0.4) is 0 Å². The molecule has 1 fully saturated rings. The first-order chi connectivity index (χ1) is 16.6. The molecule has 0 aliphatic carbocycles. The lowest BCUT2D eigenvalue weighted by molar-refractivity contribution is 0.0605. The maximum atomic E-state index is 14.0. The number of imidazole rings is 1. The highest BCUT2D eigenvalue weighted by molar-refractivity contribution is 6.32. The summed E-state index contributed by atoms with van der Waals surface area (Å²) in [5.74, 6) is 0.417. The second kappa shape index (κ2) is 7.63. The predicted molar refractivity (Wildman–Crippen MR) is 121 cm³/mol. The number of amides is 1. The fraction of sp³-hybridized carbons (Fsp3) is 0.304. The molecule has 32 heavy (non-hydrogen) atoms. The molecule has 5 rings (SSSR count). The Morgan fingerprint density at radius 1 is 1.28 bits per heavy atom. The van der Waals surface area contributed by atoms with Crippen LogP contribution in [-0.4, -0.2) is 49.4 Å². The number of H-pyrrole nitrogens is 1. The fourth-order valence-corrected chi connectivity index (χ4v) is 4.54. The molecule has 0 bridgehead atoms. The number of nitrogens with one attached hydrogen (secondary N) is 1. The molecule has 2 aromatic carbocycles. The van der Waals surface area contributed by atoms with Crippen LogP contribution in [0.2, 0.25) is 5.02 Å². The number of carbonyl (C=O) groups is 1. The highest BCUT2D eigenvalue weighted by Crippen LogP contribution is 2.40. The van der Waals surface area contributed by atoms with E-state index in [9.17, 15) is 4.79 Å². The summed E-state index contributed by atoms with van der Waals surface area (Å²) in [6, 6.07) is 8.18. The van der Waals surface area contributed by atoms with Gasteiger partial charge in [-0.1, -0.05) is 11.6 Å². The van der Waals surface area contributed by atoms with Gasteiger partial charge in [0.2, 0.25) is 0 Å². The highest BCUT2D eigenvalue weighted by Gasteiger charge is 2.44. The normalized spacial score (nSPS) is 20.2. The molecule has 4 aromatic rings. The van der Waals surface area contributed by atoms with Crippen molar-refractivity contribution in [3.8, 4) is 11.4 Å². The first-order valence-electron chi connectivity index (χ1n) is 11.7. The quantitative estimate of drug-likeness (QED) is 0.498. The molecule has 1 aliphatic heterocycles. The standard InChI is InChI=1S/C23H23ClN6O2/c1-14-17(24)6-7-18-20(14)28-22(27-18)23(2)9-4-12-29(23)21(31)16-13-15(32-3)5-8-19(16)30-25-10-11-26-30/h5-8,10-11,13H,4,9,12H2,1-3H3,(H,27,28)/t23-/m0/s1/i3D3. The monoisotopic (exact) mass is 453 g/mol. The molecule has 0 radical (unpaired) electrons. The Balaban J connectivity index is 1.58. The van der Waals surface area contributed by atoms with E-state index in [0.717, 1.165) is 23.0 Å². The van der Waals surface area contributed by atoms with E-state index in [2.05, 4.69) is 15.2 Å². The van der Waals surface area contributed by atoms with Crippen LogP contribution in [0, 0.1) is 6.92 Å². The minimum absolute atomic E-state index is 0.0548. The molecule has 1 aliphatic rings. The van der Waals surface area contributed by atoms with Gasteiger partial charge in [0, 0.05) is 11.6 Å². The lowest BCUT2D eigenvalue weighted by Crippen LogP contribution is -2.44. The van der Waals surface area contributed by atoms with Crippen molar-refractivity contribution < 1.29 is 13.6 Å². The molecule has 1 saturated heterocycles. The molecular formula is C23H23ClN6O2. The molecule has 0 saturated carbocycles. The Bertz CT molecular complexity index is 1420. The zero-order chi connectivity index (χ0) is 25.0. The number of aryl methyl sites for hydroxylation is 1. The van der Waals surface area contributed by atoms with Gasteiger partial charge in [0.05, 0.1) is 51.4 Å². The number of nitrogens with zero attached hydrogens (tertiary/aromatic N) is 5. The maximum Gasteiger partial charge on any atom is 0.257 e. The fourth-order valence-electron chi connectivity index (χ4n) is 4.39. The summed E-state index contributed by atoms with van der Waals surface area (Å²) in [5, 5.41) is 8.93. The average molecular weight is 454 g/mol. The van der Waals surface area contributed by atoms with Crippen LogP contribution in [0.5, 0.6) is 5.75 Å². The number of hydrogen-bond donors (Lipinski definition) is 1. The smallest absolute Gasteiger partial charge is 0.257 e. The summed E-state index contributed by atoms with van der Waals surface area (Å²) in [6.45, 7) is 4.39. The third kappa shape index (κ3) is 3.14. The van der Waals surface area contributed by atoms with Crippen molar-refractivity contribution in [3.05, 3.63) is 64.7 Å². The van der Waals surface area contributed by atoms with Crippen molar-refractivity contribution in [2.24, 2.45) is 0 Å². The number of methoxy groups -OCH3 is 1. The van der Waals surface area contributed by atoms with Gasteiger partial charge in [0.15, 0.2) is 0 Å². The van der Waals surface area contributed by atoms with Crippen LogP contribution in [0.4, 0.5) is 0 Å². The van der Waals surface area contributed by atoms with E-state index in [1.54, 1.807) is 11.0 Å². The van der Waals surface area contributed by atoms with E-state index in [1.807, 2.05) is 26.0 Å². The van der Waals surface area contributed by atoms with Gasteiger partial charge in [-0.2, -0.15) is 15.0 Å². The van der Waals surface area contributed by atoms with E-state index < -0.39 is 12.6 Å². The summed E-state index contributed by atoms with van der Waals surface area (Å²) in [7, 11) is -2.65. The zero-order valence-corrected chi connectivity index (χ0v) is 18.3. The summed E-state index contributed by atoms with van der Waals surface area (Å²) >= 11 is 6.29. The van der Waals surface area contributed by atoms with E-state index in [1.165, 1.54) is 29.3 Å². The Morgan fingerprint density at radius 2 is 2.09 bits per heavy atom. The second-order valence-corrected chi connectivity index (χ2v) is 8.49. The van der Waals surface area contributed by atoms with E-state index in [-0.39, 0.29) is 17.2 Å². The molecule has 0 spiro atoms.